The number of amides is 1. The molecule has 0 spiro atoms. The molecule has 1 aromatic heterocycles. The number of esters is 1. The van der Waals surface area contributed by atoms with E-state index in [0.717, 1.165) is 11.1 Å². The molecule has 0 fully saturated rings. The molecule has 0 radical (unpaired) electrons. The molecule has 4 aromatic rings. The largest absolute Gasteiger partial charge is 0.449 e. The van der Waals surface area contributed by atoms with Crippen molar-refractivity contribution in [1.29, 1.82) is 0 Å². The van der Waals surface area contributed by atoms with Crippen LogP contribution in [0, 0.1) is 12.7 Å². The van der Waals surface area contributed by atoms with Crippen LogP contribution in [-0.4, -0.2) is 27.9 Å². The zero-order valence-corrected chi connectivity index (χ0v) is 17.0. The number of ether oxygens (including phenoxy) is 1. The monoisotopic (exact) mass is 417 g/mol. The van der Waals surface area contributed by atoms with Crippen LogP contribution in [0.4, 0.5) is 10.1 Å². The summed E-state index contributed by atoms with van der Waals surface area (Å²) in [5, 5.41) is 2.41. The van der Waals surface area contributed by atoms with E-state index in [1.165, 1.54) is 25.1 Å². The van der Waals surface area contributed by atoms with Gasteiger partial charge in [0, 0.05) is 5.56 Å². The van der Waals surface area contributed by atoms with Gasteiger partial charge in [0.2, 0.25) is 0 Å². The molecule has 7 heteroatoms. The van der Waals surface area contributed by atoms with E-state index in [-0.39, 0.29) is 11.3 Å². The SMILES string of the molecule is Cc1ccc(-c2nc3ccc(C(=O)OC(C)C(=O)Nc4ccccc4F)cc3[nH]2)cc1. The molecule has 6 nitrogen and oxygen atoms in total. The number of aromatic amines is 1. The van der Waals surface area contributed by atoms with E-state index in [9.17, 15) is 14.0 Å². The molecule has 31 heavy (non-hydrogen) atoms. The van der Waals surface area contributed by atoms with Gasteiger partial charge in [-0.25, -0.2) is 14.2 Å². The van der Waals surface area contributed by atoms with E-state index in [1.807, 2.05) is 31.2 Å². The maximum Gasteiger partial charge on any atom is 0.338 e. The number of benzene rings is 3. The number of H-pyrrole nitrogens is 1. The summed E-state index contributed by atoms with van der Waals surface area (Å²) >= 11 is 0. The summed E-state index contributed by atoms with van der Waals surface area (Å²) in [4.78, 5) is 32.5. The van der Waals surface area contributed by atoms with Crippen LogP contribution in [0.5, 0.6) is 0 Å². The second-order valence-corrected chi connectivity index (χ2v) is 7.20. The molecule has 3 aromatic carbocycles. The zero-order valence-electron chi connectivity index (χ0n) is 17.0. The summed E-state index contributed by atoms with van der Waals surface area (Å²) in [5.74, 6) is -1.16. The Hall–Kier alpha value is -4.00. The lowest BCUT2D eigenvalue weighted by molar-refractivity contribution is -0.123. The van der Waals surface area contributed by atoms with Crippen molar-refractivity contribution in [2.75, 3.05) is 5.32 Å². The number of para-hydroxylation sites is 1. The highest BCUT2D eigenvalue weighted by molar-refractivity contribution is 5.98. The standard InChI is InChI=1S/C24H20FN3O3/c1-14-7-9-16(10-8-14)22-26-20-12-11-17(13-21(20)27-22)24(30)31-15(2)23(29)28-19-6-4-3-5-18(19)25/h3-13,15H,1-2H3,(H,26,27)(H,28,29). The second-order valence-electron chi connectivity index (χ2n) is 7.20. The lowest BCUT2D eigenvalue weighted by Gasteiger charge is -2.14. The van der Waals surface area contributed by atoms with E-state index in [0.29, 0.717) is 16.9 Å². The molecule has 2 N–H and O–H groups in total. The van der Waals surface area contributed by atoms with Crippen LogP contribution in [0.2, 0.25) is 0 Å². The third-order valence-electron chi connectivity index (χ3n) is 4.83. The van der Waals surface area contributed by atoms with Gasteiger partial charge in [0.05, 0.1) is 22.3 Å². The van der Waals surface area contributed by atoms with Gasteiger partial charge in [0.15, 0.2) is 6.10 Å². The molecular weight excluding hydrogens is 397 g/mol. The summed E-state index contributed by atoms with van der Waals surface area (Å²) in [7, 11) is 0. The van der Waals surface area contributed by atoms with Gasteiger partial charge >= 0.3 is 5.97 Å². The van der Waals surface area contributed by atoms with Crippen molar-refractivity contribution in [1.82, 2.24) is 9.97 Å². The topological polar surface area (TPSA) is 84.1 Å². The number of nitrogens with one attached hydrogen (secondary N) is 2. The average Bonchev–Trinajstić information content (AvgIpc) is 3.19. The molecule has 156 valence electrons. The molecule has 4 rings (SSSR count). The van der Waals surface area contributed by atoms with Gasteiger partial charge in [0.25, 0.3) is 5.91 Å². The molecule has 0 aliphatic rings. The first-order valence-corrected chi connectivity index (χ1v) is 9.74. The van der Waals surface area contributed by atoms with Crippen molar-refractivity contribution in [3.05, 3.63) is 83.7 Å². The van der Waals surface area contributed by atoms with Crippen LogP contribution in [0.15, 0.2) is 66.7 Å². The zero-order chi connectivity index (χ0) is 22.0. The number of hydrogen-bond acceptors (Lipinski definition) is 4. The lowest BCUT2D eigenvalue weighted by Crippen LogP contribution is -2.30. The van der Waals surface area contributed by atoms with Gasteiger partial charge in [-0.3, -0.25) is 4.79 Å². The van der Waals surface area contributed by atoms with Crippen molar-refractivity contribution < 1.29 is 18.7 Å². The van der Waals surface area contributed by atoms with Gasteiger partial charge in [-0.1, -0.05) is 42.0 Å². The minimum Gasteiger partial charge on any atom is -0.449 e. The Labute approximate surface area is 178 Å². The minimum absolute atomic E-state index is 0.0258. The smallest absolute Gasteiger partial charge is 0.338 e. The van der Waals surface area contributed by atoms with Crippen LogP contribution in [0.1, 0.15) is 22.8 Å². The first kappa shape index (κ1) is 20.3. The van der Waals surface area contributed by atoms with E-state index in [4.69, 9.17) is 4.74 Å². The van der Waals surface area contributed by atoms with Crippen LogP contribution in [0.3, 0.4) is 0 Å². The van der Waals surface area contributed by atoms with Gasteiger partial charge < -0.3 is 15.0 Å². The number of nitrogens with zero attached hydrogens (tertiary/aromatic N) is 1. The number of carbonyl (C=O) groups is 2. The highest BCUT2D eigenvalue weighted by atomic mass is 19.1. The van der Waals surface area contributed by atoms with E-state index in [1.54, 1.807) is 24.3 Å². The number of halogens is 1. The number of hydrogen-bond donors (Lipinski definition) is 2. The molecule has 1 amide bonds. The minimum atomic E-state index is -1.10. The predicted molar refractivity (Wildman–Crippen MR) is 116 cm³/mol. The Morgan fingerprint density at radius 2 is 1.81 bits per heavy atom. The Bertz CT molecular complexity index is 1260. The number of fused-ring (bicyclic) bond motifs is 1. The van der Waals surface area contributed by atoms with Crippen molar-refractivity contribution >= 4 is 28.6 Å². The normalized spacial score (nSPS) is 11.8. The van der Waals surface area contributed by atoms with Crippen molar-refractivity contribution in [2.24, 2.45) is 0 Å². The molecule has 1 unspecified atom stereocenters. The van der Waals surface area contributed by atoms with Gasteiger partial charge in [0.1, 0.15) is 11.6 Å². The number of anilines is 1. The van der Waals surface area contributed by atoms with Crippen LogP contribution < -0.4 is 5.32 Å². The number of imidazole rings is 1. The summed E-state index contributed by atoms with van der Waals surface area (Å²) < 4.78 is 19.0. The Morgan fingerprint density at radius 1 is 1.06 bits per heavy atom. The van der Waals surface area contributed by atoms with Crippen molar-refractivity contribution in [3.63, 3.8) is 0 Å². The molecule has 1 heterocycles. The second kappa shape index (κ2) is 8.39. The van der Waals surface area contributed by atoms with Crippen LogP contribution in [0.25, 0.3) is 22.4 Å². The Morgan fingerprint density at radius 3 is 2.55 bits per heavy atom. The third kappa shape index (κ3) is 4.45. The molecule has 0 aliphatic carbocycles. The van der Waals surface area contributed by atoms with Crippen LogP contribution in [-0.2, 0) is 9.53 Å². The molecule has 0 aliphatic heterocycles. The van der Waals surface area contributed by atoms with Crippen LogP contribution >= 0.6 is 0 Å². The summed E-state index contributed by atoms with van der Waals surface area (Å²) in [6.07, 6.45) is -1.10. The number of rotatable bonds is 5. The lowest BCUT2D eigenvalue weighted by atomic mass is 10.1. The van der Waals surface area contributed by atoms with E-state index >= 15 is 0 Å². The highest BCUT2D eigenvalue weighted by Gasteiger charge is 2.20. The first-order valence-electron chi connectivity index (χ1n) is 9.74. The quantitative estimate of drug-likeness (QED) is 0.454. The predicted octanol–water partition coefficient (Wildman–Crippen LogP) is 4.86. The summed E-state index contributed by atoms with van der Waals surface area (Å²) in [6.45, 7) is 3.44. The molecule has 1 atom stereocenters. The maximum absolute atomic E-state index is 13.7. The number of aromatic nitrogens is 2. The maximum atomic E-state index is 13.7. The highest BCUT2D eigenvalue weighted by Crippen LogP contribution is 2.22. The molecular formula is C24H20FN3O3. The van der Waals surface area contributed by atoms with Gasteiger partial charge in [-0.15, -0.1) is 0 Å². The fourth-order valence-corrected chi connectivity index (χ4v) is 3.06. The van der Waals surface area contributed by atoms with E-state index < -0.39 is 23.8 Å². The molecule has 0 bridgehead atoms. The van der Waals surface area contributed by atoms with Gasteiger partial charge in [-0.05, 0) is 44.2 Å². The fraction of sp³-hybridized carbons (Fsp3) is 0.125. The number of carbonyl (C=O) groups excluding carboxylic acids is 2. The Kier molecular flexibility index (Phi) is 5.49. The summed E-state index contributed by atoms with van der Waals surface area (Å²) in [6, 6.07) is 18.6. The molecule has 0 saturated heterocycles. The average molecular weight is 417 g/mol. The third-order valence-corrected chi connectivity index (χ3v) is 4.83. The van der Waals surface area contributed by atoms with E-state index in [2.05, 4.69) is 15.3 Å². The van der Waals surface area contributed by atoms with Crippen molar-refractivity contribution in [2.45, 2.75) is 20.0 Å². The van der Waals surface area contributed by atoms with Gasteiger partial charge in [-0.2, -0.15) is 0 Å². The summed E-state index contributed by atoms with van der Waals surface area (Å²) in [5.41, 5.74) is 3.77. The molecule has 0 saturated carbocycles. The fourth-order valence-electron chi connectivity index (χ4n) is 3.06. The Balaban J connectivity index is 1.47. The number of aryl methyl sites for hydroxylation is 1. The first-order chi connectivity index (χ1) is 14.9. The van der Waals surface area contributed by atoms with Crippen molar-refractivity contribution in [3.8, 4) is 11.4 Å².